The summed E-state index contributed by atoms with van der Waals surface area (Å²) in [6.07, 6.45) is 0. The van der Waals surface area contributed by atoms with Gasteiger partial charge >= 0.3 is 11.4 Å². The molecule has 0 aromatic rings. The molecule has 0 spiro atoms. The van der Waals surface area contributed by atoms with Crippen LogP contribution < -0.4 is 0 Å². The molecule has 1 aliphatic heterocycles. The topological polar surface area (TPSA) is 54.0 Å². The van der Waals surface area contributed by atoms with E-state index < -0.39 is 40.2 Å². The Kier molecular flexibility index (Phi) is 5.29. The summed E-state index contributed by atoms with van der Waals surface area (Å²) in [5.74, 6) is 0. The van der Waals surface area contributed by atoms with Crippen LogP contribution in [0.2, 0.25) is 0 Å². The van der Waals surface area contributed by atoms with Crippen molar-refractivity contribution in [1.29, 1.82) is 0 Å². The second-order valence-corrected chi connectivity index (χ2v) is 13.7. The first-order valence-corrected chi connectivity index (χ1v) is 11.7. The van der Waals surface area contributed by atoms with Crippen molar-refractivity contribution in [3.63, 3.8) is 0 Å². The van der Waals surface area contributed by atoms with Crippen LogP contribution in [0.5, 0.6) is 0 Å². The van der Waals surface area contributed by atoms with Gasteiger partial charge in [0.25, 0.3) is 0 Å². The van der Waals surface area contributed by atoms with Crippen molar-refractivity contribution in [2.75, 3.05) is 6.79 Å². The van der Waals surface area contributed by atoms with Crippen LogP contribution in [0.1, 0.15) is 0 Å². The second-order valence-electron chi connectivity index (χ2n) is 4.45. The molecule has 5 atom stereocenters. The molecule has 126 valence electrons. The number of ether oxygens (including phenoxy) is 1. The van der Waals surface area contributed by atoms with Crippen LogP contribution in [-0.2, 0) is 29.5 Å². The molecule has 22 heavy (non-hydrogen) atoms. The van der Waals surface area contributed by atoms with Gasteiger partial charge in [-0.15, -0.1) is 4.33 Å². The number of fused-ring (bicyclic) bond motifs is 5. The molecule has 0 aromatic heterocycles. The van der Waals surface area contributed by atoms with Gasteiger partial charge in [0.05, 0.1) is 0 Å². The maximum absolute atomic E-state index is 11.4. The standard InChI is InChI=1S/C8H2Br6Cl2O5S/c9-2-3(10)5(12)6(13,14)4(2,11)7(15)8(5,16)20-21-22(17)19-1-18-7/h1H2. The Morgan fingerprint density at radius 1 is 1.00 bits per heavy atom. The van der Waals surface area contributed by atoms with Crippen molar-refractivity contribution >= 4 is 130 Å². The summed E-state index contributed by atoms with van der Waals surface area (Å²) in [5.41, 5.74) is 0. The van der Waals surface area contributed by atoms with Crippen LogP contribution in [0.4, 0.5) is 0 Å². The van der Waals surface area contributed by atoms with Crippen molar-refractivity contribution in [1.82, 2.24) is 0 Å². The SMILES string of the molecule is O=S1OCOC2(Cl)C(Cl)(OO1)C1(Br)C(Br)=C(Br)C2(Br)C1(Br)Br. The highest BCUT2D eigenvalue weighted by Gasteiger charge is 2.94. The minimum absolute atomic E-state index is 0.432. The maximum atomic E-state index is 11.4. The van der Waals surface area contributed by atoms with Crippen molar-refractivity contribution in [3.8, 4) is 0 Å². The van der Waals surface area contributed by atoms with Crippen LogP contribution in [0.3, 0.4) is 0 Å². The van der Waals surface area contributed by atoms with E-state index >= 15 is 0 Å². The molecule has 5 nitrogen and oxygen atoms in total. The fourth-order valence-electron chi connectivity index (χ4n) is 2.49. The zero-order valence-electron chi connectivity index (χ0n) is 9.68. The normalized spacial score (nSPS) is 54.1. The molecular weight excluding hydrogens is 758 g/mol. The first-order valence-electron chi connectivity index (χ1n) is 5.16. The predicted octanol–water partition coefficient (Wildman–Crippen LogP) is 5.17. The van der Waals surface area contributed by atoms with E-state index in [-0.39, 0.29) is 0 Å². The second kappa shape index (κ2) is 5.84. The molecule has 2 aliphatic carbocycles. The summed E-state index contributed by atoms with van der Waals surface area (Å²) in [5, 5.41) is -3.59. The van der Waals surface area contributed by atoms with Gasteiger partial charge in [0.2, 0.25) is 10.1 Å². The number of alkyl halides is 6. The predicted molar refractivity (Wildman–Crippen MR) is 103 cm³/mol. The molecule has 0 N–H and O–H groups in total. The lowest BCUT2D eigenvalue weighted by Gasteiger charge is -2.47. The fraction of sp³-hybridized carbons (Fsp3) is 0.750. The highest BCUT2D eigenvalue weighted by atomic mass is 79.9. The summed E-state index contributed by atoms with van der Waals surface area (Å²) in [7, 11) is 0. The maximum Gasteiger partial charge on any atom is 0.336 e. The Bertz CT molecular complexity index is 622. The van der Waals surface area contributed by atoms with Gasteiger partial charge in [-0.2, -0.15) is 9.10 Å². The highest BCUT2D eigenvalue weighted by Crippen LogP contribution is 2.84. The van der Waals surface area contributed by atoms with Crippen molar-refractivity contribution in [3.05, 3.63) is 8.96 Å². The van der Waals surface area contributed by atoms with Gasteiger partial charge < -0.3 is 4.74 Å². The lowest BCUT2D eigenvalue weighted by Crippen LogP contribution is -2.63. The molecule has 0 aromatic carbocycles. The van der Waals surface area contributed by atoms with E-state index in [2.05, 4.69) is 95.6 Å². The summed E-state index contributed by atoms with van der Waals surface area (Å²) in [6, 6.07) is 0. The van der Waals surface area contributed by atoms with E-state index in [4.69, 9.17) is 41.3 Å². The average Bonchev–Trinajstić information content (AvgIpc) is 2.59. The molecule has 3 aliphatic rings. The molecule has 1 saturated heterocycles. The van der Waals surface area contributed by atoms with Crippen molar-refractivity contribution in [2.45, 2.75) is 22.0 Å². The van der Waals surface area contributed by atoms with Crippen LogP contribution in [0, 0.1) is 0 Å². The van der Waals surface area contributed by atoms with Crippen molar-refractivity contribution in [2.24, 2.45) is 0 Å². The van der Waals surface area contributed by atoms with Crippen LogP contribution in [-0.4, -0.2) is 33.0 Å². The van der Waals surface area contributed by atoms with Crippen LogP contribution in [0.15, 0.2) is 8.96 Å². The molecule has 14 heteroatoms. The van der Waals surface area contributed by atoms with Gasteiger partial charge in [0.15, 0.2) is 6.79 Å². The van der Waals surface area contributed by atoms with Crippen LogP contribution >= 0.6 is 119 Å². The van der Waals surface area contributed by atoms with Crippen LogP contribution in [0.25, 0.3) is 0 Å². The van der Waals surface area contributed by atoms with Gasteiger partial charge in [-0.05, 0) is 0 Å². The summed E-state index contributed by atoms with van der Waals surface area (Å²) < 4.78 is 24.3. The molecule has 0 radical (unpaired) electrons. The quantitative estimate of drug-likeness (QED) is 0.252. The van der Waals surface area contributed by atoms with E-state index in [0.717, 1.165) is 0 Å². The van der Waals surface area contributed by atoms with Gasteiger partial charge in [0.1, 0.15) is 11.9 Å². The third-order valence-corrected chi connectivity index (χ3v) is 17.0. The van der Waals surface area contributed by atoms with E-state index in [1.54, 1.807) is 0 Å². The summed E-state index contributed by atoms with van der Waals surface area (Å²) >= 11 is 32.5. The third kappa shape index (κ3) is 1.92. The Balaban J connectivity index is 2.32. The van der Waals surface area contributed by atoms with Gasteiger partial charge in [-0.1, -0.05) is 119 Å². The summed E-state index contributed by atoms with van der Waals surface area (Å²) in [6.45, 7) is -0.432. The third-order valence-electron chi connectivity index (χ3n) is 3.57. The number of hydrogen-bond donors (Lipinski definition) is 0. The van der Waals surface area contributed by atoms with E-state index in [0.29, 0.717) is 8.96 Å². The first-order chi connectivity index (χ1) is 9.92. The minimum Gasteiger partial charge on any atom is -0.326 e. The van der Waals surface area contributed by atoms with Gasteiger partial charge in [-0.25, -0.2) is 4.18 Å². The summed E-state index contributed by atoms with van der Waals surface area (Å²) in [4.78, 5) is 5.23. The number of rotatable bonds is 0. The molecule has 1 saturated carbocycles. The Hall–Kier alpha value is 3.19. The molecule has 3 rings (SSSR count). The lowest BCUT2D eigenvalue weighted by atomic mass is 9.99. The largest absolute Gasteiger partial charge is 0.336 e. The number of halogens is 8. The molecule has 1 heterocycles. The molecule has 0 amide bonds. The molecule has 2 bridgehead atoms. The molecular formula is C8H2Br6Cl2O5S. The fourth-order valence-corrected chi connectivity index (χ4v) is 11.9. The van der Waals surface area contributed by atoms with Crippen molar-refractivity contribution < 1.29 is 22.4 Å². The Labute approximate surface area is 188 Å². The minimum atomic E-state index is -2.20. The first kappa shape index (κ1) is 19.9. The van der Waals surface area contributed by atoms with E-state index in [1.165, 1.54) is 0 Å². The molecule has 2 fully saturated rings. The Morgan fingerprint density at radius 3 is 2.05 bits per heavy atom. The average molecular weight is 760 g/mol. The van der Waals surface area contributed by atoms with E-state index in [1.807, 2.05) is 0 Å². The molecule has 5 unspecified atom stereocenters. The smallest absolute Gasteiger partial charge is 0.326 e. The van der Waals surface area contributed by atoms with Gasteiger partial charge in [-0.3, -0.25) is 0 Å². The monoisotopic (exact) mass is 753 g/mol. The Morgan fingerprint density at radius 2 is 1.50 bits per heavy atom. The lowest BCUT2D eigenvalue weighted by molar-refractivity contribution is -0.311. The highest BCUT2D eigenvalue weighted by molar-refractivity contribution is 9.27. The van der Waals surface area contributed by atoms with E-state index in [9.17, 15) is 4.21 Å². The zero-order chi connectivity index (χ0) is 16.8. The van der Waals surface area contributed by atoms with Gasteiger partial charge in [0, 0.05) is 8.96 Å². The zero-order valence-corrected chi connectivity index (χ0v) is 21.5. The number of hydrogen-bond acceptors (Lipinski definition) is 5.